The highest BCUT2D eigenvalue weighted by Gasteiger charge is 2.34. The van der Waals surface area contributed by atoms with Crippen LogP contribution < -0.4 is 5.32 Å². The molecule has 0 bridgehead atoms. The van der Waals surface area contributed by atoms with Crippen LogP contribution in [0.4, 0.5) is 23.4 Å². The third-order valence-electron chi connectivity index (χ3n) is 3.09. The Bertz CT molecular complexity index is 681. The fourth-order valence-corrected chi connectivity index (χ4v) is 1.87. The van der Waals surface area contributed by atoms with Crippen LogP contribution in [0.1, 0.15) is 17.0 Å². The van der Waals surface area contributed by atoms with E-state index in [1.54, 1.807) is 20.9 Å². The molecule has 1 N–H and O–H groups in total. The Balaban J connectivity index is 2.65. The van der Waals surface area contributed by atoms with Crippen molar-refractivity contribution >= 4 is 5.82 Å². The van der Waals surface area contributed by atoms with Gasteiger partial charge in [0.25, 0.3) is 0 Å². The average molecular weight is 299 g/mol. The standard InChI is InChI=1S/C14H13F4N3/c1-7-8(2)21-13(19-3)12(20-7)9-4-5-11(15)10(6-9)14(16,17)18/h4-6H,1-3H3,(H,19,21). The SMILES string of the molecule is CNc1nc(C)c(C)nc1-c1ccc(F)c(C(F)(F)F)c1. The van der Waals surface area contributed by atoms with Crippen LogP contribution in [-0.2, 0) is 6.18 Å². The predicted octanol–water partition coefficient (Wildman–Crippen LogP) is 3.96. The second-order valence-corrected chi connectivity index (χ2v) is 4.53. The summed E-state index contributed by atoms with van der Waals surface area (Å²) >= 11 is 0. The summed E-state index contributed by atoms with van der Waals surface area (Å²) in [7, 11) is 1.59. The number of hydrogen-bond donors (Lipinski definition) is 1. The van der Waals surface area contributed by atoms with Gasteiger partial charge in [-0.15, -0.1) is 0 Å². The van der Waals surface area contributed by atoms with E-state index in [1.807, 2.05) is 0 Å². The number of anilines is 1. The van der Waals surface area contributed by atoms with Crippen molar-refractivity contribution in [1.29, 1.82) is 0 Å². The van der Waals surface area contributed by atoms with Gasteiger partial charge in [-0.05, 0) is 32.0 Å². The Morgan fingerprint density at radius 2 is 1.67 bits per heavy atom. The molecule has 0 unspecified atom stereocenters. The van der Waals surface area contributed by atoms with E-state index in [2.05, 4.69) is 15.3 Å². The first kappa shape index (κ1) is 15.2. The molecule has 7 heteroatoms. The molecule has 2 aromatic rings. The Labute approximate surface area is 119 Å². The van der Waals surface area contributed by atoms with E-state index in [9.17, 15) is 17.6 Å². The molecular weight excluding hydrogens is 286 g/mol. The molecule has 0 saturated carbocycles. The molecule has 0 amide bonds. The first-order valence-electron chi connectivity index (χ1n) is 6.14. The summed E-state index contributed by atoms with van der Waals surface area (Å²) in [4.78, 5) is 8.48. The third-order valence-corrected chi connectivity index (χ3v) is 3.09. The Hall–Kier alpha value is -2.18. The minimum Gasteiger partial charge on any atom is -0.371 e. The van der Waals surface area contributed by atoms with E-state index in [4.69, 9.17) is 0 Å². The van der Waals surface area contributed by atoms with Gasteiger partial charge in [0.05, 0.1) is 17.0 Å². The van der Waals surface area contributed by atoms with Crippen LogP contribution in [0.3, 0.4) is 0 Å². The van der Waals surface area contributed by atoms with Gasteiger partial charge in [0.15, 0.2) is 5.82 Å². The van der Waals surface area contributed by atoms with Gasteiger partial charge in [0.2, 0.25) is 0 Å². The second-order valence-electron chi connectivity index (χ2n) is 4.53. The van der Waals surface area contributed by atoms with Gasteiger partial charge in [-0.1, -0.05) is 0 Å². The summed E-state index contributed by atoms with van der Waals surface area (Å²) in [6, 6.07) is 2.79. The van der Waals surface area contributed by atoms with Crippen LogP contribution >= 0.6 is 0 Å². The summed E-state index contributed by atoms with van der Waals surface area (Å²) < 4.78 is 51.7. The van der Waals surface area contributed by atoms with E-state index >= 15 is 0 Å². The van der Waals surface area contributed by atoms with Crippen molar-refractivity contribution in [3.8, 4) is 11.3 Å². The molecule has 0 radical (unpaired) electrons. The molecule has 1 heterocycles. The predicted molar refractivity (Wildman–Crippen MR) is 71.4 cm³/mol. The summed E-state index contributed by atoms with van der Waals surface area (Å²) in [5.41, 5.74) is 0.361. The highest BCUT2D eigenvalue weighted by molar-refractivity contribution is 5.72. The summed E-state index contributed by atoms with van der Waals surface area (Å²) in [5, 5.41) is 2.79. The van der Waals surface area contributed by atoms with E-state index in [0.29, 0.717) is 17.2 Å². The lowest BCUT2D eigenvalue weighted by molar-refractivity contribution is -0.139. The summed E-state index contributed by atoms with van der Waals surface area (Å²) in [5.74, 6) is -0.966. The zero-order valence-electron chi connectivity index (χ0n) is 11.6. The first-order chi connectivity index (χ1) is 9.74. The van der Waals surface area contributed by atoms with Crippen LogP contribution in [0, 0.1) is 19.7 Å². The van der Waals surface area contributed by atoms with Crippen molar-refractivity contribution in [3.63, 3.8) is 0 Å². The molecule has 0 spiro atoms. The average Bonchev–Trinajstić information content (AvgIpc) is 2.40. The first-order valence-corrected chi connectivity index (χ1v) is 6.14. The monoisotopic (exact) mass is 299 g/mol. The number of alkyl halides is 3. The lowest BCUT2D eigenvalue weighted by atomic mass is 10.1. The quantitative estimate of drug-likeness (QED) is 0.853. The van der Waals surface area contributed by atoms with Gasteiger partial charge in [-0.3, -0.25) is 0 Å². The van der Waals surface area contributed by atoms with Crippen molar-refractivity contribution in [2.24, 2.45) is 0 Å². The fraction of sp³-hybridized carbons (Fsp3) is 0.286. The van der Waals surface area contributed by atoms with E-state index in [0.717, 1.165) is 12.1 Å². The minimum atomic E-state index is -4.76. The van der Waals surface area contributed by atoms with Gasteiger partial charge >= 0.3 is 6.18 Å². The fourth-order valence-electron chi connectivity index (χ4n) is 1.87. The molecule has 0 saturated heterocycles. The molecule has 0 fully saturated rings. The highest BCUT2D eigenvalue weighted by atomic mass is 19.4. The second kappa shape index (κ2) is 5.31. The van der Waals surface area contributed by atoms with Gasteiger partial charge in [0, 0.05) is 12.6 Å². The number of rotatable bonds is 2. The van der Waals surface area contributed by atoms with Crippen LogP contribution in [0.2, 0.25) is 0 Å². The van der Waals surface area contributed by atoms with Crippen LogP contribution in [0.25, 0.3) is 11.3 Å². The van der Waals surface area contributed by atoms with E-state index < -0.39 is 17.6 Å². The number of nitrogens with zero attached hydrogens (tertiary/aromatic N) is 2. The highest BCUT2D eigenvalue weighted by Crippen LogP contribution is 2.35. The zero-order valence-corrected chi connectivity index (χ0v) is 11.6. The zero-order chi connectivity index (χ0) is 15.8. The molecule has 0 aliphatic heterocycles. The number of benzene rings is 1. The number of aryl methyl sites for hydroxylation is 2. The maximum atomic E-state index is 13.3. The van der Waals surface area contributed by atoms with Crippen molar-refractivity contribution in [3.05, 3.63) is 41.0 Å². The largest absolute Gasteiger partial charge is 0.419 e. The Morgan fingerprint density at radius 3 is 2.24 bits per heavy atom. The van der Waals surface area contributed by atoms with Gasteiger partial charge in [0.1, 0.15) is 11.5 Å². The number of hydrogen-bond acceptors (Lipinski definition) is 3. The number of halogens is 4. The van der Waals surface area contributed by atoms with Crippen molar-refractivity contribution in [2.45, 2.75) is 20.0 Å². The van der Waals surface area contributed by atoms with E-state index in [-0.39, 0.29) is 11.3 Å². The lowest BCUT2D eigenvalue weighted by Gasteiger charge is -2.13. The molecule has 2 rings (SSSR count). The topological polar surface area (TPSA) is 37.8 Å². The molecule has 0 atom stereocenters. The molecular formula is C14H13F4N3. The Morgan fingerprint density at radius 1 is 1.05 bits per heavy atom. The molecule has 1 aromatic carbocycles. The number of aromatic nitrogens is 2. The number of nitrogens with one attached hydrogen (secondary N) is 1. The molecule has 0 aliphatic carbocycles. The summed E-state index contributed by atoms with van der Waals surface area (Å²) in [6.45, 7) is 3.46. The molecule has 0 aliphatic rings. The molecule has 1 aromatic heterocycles. The van der Waals surface area contributed by atoms with Gasteiger partial charge in [-0.25, -0.2) is 14.4 Å². The van der Waals surface area contributed by atoms with Crippen LogP contribution in [0.5, 0.6) is 0 Å². The summed E-state index contributed by atoms with van der Waals surface area (Å²) in [6.07, 6.45) is -4.76. The van der Waals surface area contributed by atoms with E-state index in [1.165, 1.54) is 6.07 Å². The third kappa shape index (κ3) is 2.96. The van der Waals surface area contributed by atoms with Crippen LogP contribution in [-0.4, -0.2) is 17.0 Å². The smallest absolute Gasteiger partial charge is 0.371 e. The van der Waals surface area contributed by atoms with Crippen molar-refractivity contribution < 1.29 is 17.6 Å². The molecule has 3 nitrogen and oxygen atoms in total. The van der Waals surface area contributed by atoms with Crippen LogP contribution in [0.15, 0.2) is 18.2 Å². The minimum absolute atomic E-state index is 0.156. The van der Waals surface area contributed by atoms with Crippen molar-refractivity contribution in [2.75, 3.05) is 12.4 Å². The molecule has 112 valence electrons. The Kier molecular flexibility index (Phi) is 3.85. The maximum Gasteiger partial charge on any atom is 0.419 e. The van der Waals surface area contributed by atoms with Gasteiger partial charge in [-0.2, -0.15) is 13.2 Å². The van der Waals surface area contributed by atoms with Gasteiger partial charge < -0.3 is 5.32 Å². The lowest BCUT2D eigenvalue weighted by Crippen LogP contribution is -2.09. The maximum absolute atomic E-state index is 13.3. The molecule has 21 heavy (non-hydrogen) atoms. The van der Waals surface area contributed by atoms with Crippen molar-refractivity contribution in [1.82, 2.24) is 9.97 Å². The normalized spacial score (nSPS) is 11.6.